The Kier molecular flexibility index (Phi) is 3.40. The molecular formula is C14H18N2. The van der Waals surface area contributed by atoms with Crippen LogP contribution in [0.25, 0.3) is 5.69 Å². The molecule has 1 heterocycles. The van der Waals surface area contributed by atoms with E-state index >= 15 is 0 Å². The smallest absolute Gasteiger partial charge is 0.0648 e. The number of hydrogen-bond acceptors (Lipinski definition) is 1. The van der Waals surface area contributed by atoms with Crippen LogP contribution in [-0.2, 0) is 6.42 Å². The molecule has 0 saturated heterocycles. The topological polar surface area (TPSA) is 17.8 Å². The number of benzene rings is 1. The lowest BCUT2D eigenvalue weighted by Gasteiger charge is -2.07. The summed E-state index contributed by atoms with van der Waals surface area (Å²) in [5, 5.41) is 4.39. The van der Waals surface area contributed by atoms with Crippen LogP contribution in [0, 0.1) is 6.92 Å². The largest absolute Gasteiger partial charge is 0.238 e. The van der Waals surface area contributed by atoms with Gasteiger partial charge in [0.2, 0.25) is 0 Å². The Morgan fingerprint density at radius 3 is 2.56 bits per heavy atom. The van der Waals surface area contributed by atoms with Gasteiger partial charge in [0, 0.05) is 11.9 Å². The Labute approximate surface area is 96.9 Å². The minimum atomic E-state index is 1.10. The second kappa shape index (κ2) is 4.97. The van der Waals surface area contributed by atoms with Crippen molar-refractivity contribution >= 4 is 0 Å². The van der Waals surface area contributed by atoms with E-state index in [2.05, 4.69) is 49.3 Å². The maximum atomic E-state index is 4.39. The molecule has 0 fully saturated rings. The van der Waals surface area contributed by atoms with Gasteiger partial charge in [0.05, 0.1) is 5.69 Å². The highest BCUT2D eigenvalue weighted by Gasteiger charge is 2.03. The van der Waals surface area contributed by atoms with E-state index in [9.17, 15) is 0 Å². The maximum Gasteiger partial charge on any atom is 0.0648 e. The molecule has 84 valence electrons. The summed E-state index contributed by atoms with van der Waals surface area (Å²) < 4.78 is 2.04. The molecule has 0 saturated carbocycles. The quantitative estimate of drug-likeness (QED) is 0.761. The molecule has 0 amide bonds. The number of rotatable bonds is 4. The van der Waals surface area contributed by atoms with E-state index in [1.165, 1.54) is 24.1 Å². The molecule has 0 aliphatic carbocycles. The number of hydrogen-bond donors (Lipinski definition) is 0. The molecule has 2 nitrogen and oxygen atoms in total. The molecule has 0 N–H and O–H groups in total. The zero-order valence-corrected chi connectivity index (χ0v) is 9.98. The second-order valence-corrected chi connectivity index (χ2v) is 4.17. The van der Waals surface area contributed by atoms with E-state index in [0.717, 1.165) is 12.1 Å². The predicted octanol–water partition coefficient (Wildman–Crippen LogP) is 3.52. The van der Waals surface area contributed by atoms with Crippen LogP contribution in [0.2, 0.25) is 0 Å². The van der Waals surface area contributed by atoms with E-state index in [4.69, 9.17) is 0 Å². The predicted molar refractivity (Wildman–Crippen MR) is 66.9 cm³/mol. The Morgan fingerprint density at radius 2 is 1.88 bits per heavy atom. The summed E-state index contributed by atoms with van der Waals surface area (Å²) in [5.41, 5.74) is 3.73. The van der Waals surface area contributed by atoms with Gasteiger partial charge in [-0.2, -0.15) is 5.10 Å². The van der Waals surface area contributed by atoms with E-state index in [-0.39, 0.29) is 0 Å². The van der Waals surface area contributed by atoms with Gasteiger partial charge in [0.15, 0.2) is 0 Å². The van der Waals surface area contributed by atoms with Crippen molar-refractivity contribution < 1.29 is 0 Å². The molecular weight excluding hydrogens is 196 g/mol. The minimum Gasteiger partial charge on any atom is -0.238 e. The minimum absolute atomic E-state index is 1.10. The van der Waals surface area contributed by atoms with Crippen LogP contribution >= 0.6 is 0 Å². The standard InChI is InChI=1S/C14H18N2/c1-3-4-5-13-10-11-15-16(13)14-8-6-12(2)7-9-14/h6-11H,3-5H2,1-2H3. The van der Waals surface area contributed by atoms with Gasteiger partial charge in [0.25, 0.3) is 0 Å². The average molecular weight is 214 g/mol. The summed E-state index contributed by atoms with van der Waals surface area (Å²) in [6, 6.07) is 10.6. The van der Waals surface area contributed by atoms with Crippen molar-refractivity contribution in [3.8, 4) is 5.69 Å². The van der Waals surface area contributed by atoms with Gasteiger partial charge in [-0.05, 0) is 38.0 Å². The van der Waals surface area contributed by atoms with Crippen molar-refractivity contribution in [3.05, 3.63) is 47.8 Å². The van der Waals surface area contributed by atoms with E-state index in [0.29, 0.717) is 0 Å². The molecule has 1 aromatic carbocycles. The van der Waals surface area contributed by atoms with Gasteiger partial charge in [-0.15, -0.1) is 0 Å². The number of aryl methyl sites for hydroxylation is 2. The molecule has 16 heavy (non-hydrogen) atoms. The van der Waals surface area contributed by atoms with Crippen LogP contribution in [-0.4, -0.2) is 9.78 Å². The van der Waals surface area contributed by atoms with Gasteiger partial charge in [-0.25, -0.2) is 4.68 Å². The van der Waals surface area contributed by atoms with Crippen LogP contribution in [0.15, 0.2) is 36.5 Å². The first-order chi connectivity index (χ1) is 7.81. The molecule has 2 aromatic rings. The Balaban J connectivity index is 2.26. The molecule has 0 unspecified atom stereocenters. The summed E-state index contributed by atoms with van der Waals surface area (Å²) in [6.45, 7) is 4.32. The first kappa shape index (κ1) is 10.9. The molecule has 2 heteroatoms. The molecule has 0 bridgehead atoms. The fraction of sp³-hybridized carbons (Fsp3) is 0.357. The molecule has 0 aliphatic heterocycles. The molecule has 0 aliphatic rings. The number of aromatic nitrogens is 2. The third-order valence-corrected chi connectivity index (χ3v) is 2.79. The Morgan fingerprint density at radius 1 is 1.12 bits per heavy atom. The summed E-state index contributed by atoms with van der Waals surface area (Å²) in [4.78, 5) is 0. The van der Waals surface area contributed by atoms with Crippen molar-refractivity contribution in [3.63, 3.8) is 0 Å². The van der Waals surface area contributed by atoms with Crippen molar-refractivity contribution in [2.75, 3.05) is 0 Å². The van der Waals surface area contributed by atoms with Crippen LogP contribution in [0.4, 0.5) is 0 Å². The molecule has 0 atom stereocenters. The normalized spacial score (nSPS) is 10.6. The van der Waals surface area contributed by atoms with Crippen LogP contribution in [0.3, 0.4) is 0 Å². The molecule has 1 aromatic heterocycles. The van der Waals surface area contributed by atoms with E-state index in [1.54, 1.807) is 0 Å². The van der Waals surface area contributed by atoms with Crippen molar-refractivity contribution in [2.24, 2.45) is 0 Å². The summed E-state index contributed by atoms with van der Waals surface area (Å²) >= 11 is 0. The highest BCUT2D eigenvalue weighted by atomic mass is 15.3. The second-order valence-electron chi connectivity index (χ2n) is 4.17. The lowest BCUT2D eigenvalue weighted by atomic mass is 10.2. The van der Waals surface area contributed by atoms with Crippen molar-refractivity contribution in [2.45, 2.75) is 33.1 Å². The molecule has 0 radical (unpaired) electrons. The van der Waals surface area contributed by atoms with Gasteiger partial charge >= 0.3 is 0 Å². The van der Waals surface area contributed by atoms with E-state index < -0.39 is 0 Å². The van der Waals surface area contributed by atoms with Gasteiger partial charge in [-0.3, -0.25) is 0 Å². The van der Waals surface area contributed by atoms with Gasteiger partial charge < -0.3 is 0 Å². The third-order valence-electron chi connectivity index (χ3n) is 2.79. The SMILES string of the molecule is CCCCc1ccnn1-c1ccc(C)cc1. The monoisotopic (exact) mass is 214 g/mol. The number of nitrogens with zero attached hydrogens (tertiary/aromatic N) is 2. The fourth-order valence-corrected chi connectivity index (χ4v) is 1.80. The summed E-state index contributed by atoms with van der Waals surface area (Å²) in [5.74, 6) is 0. The Bertz CT molecular complexity index is 440. The van der Waals surface area contributed by atoms with Gasteiger partial charge in [-0.1, -0.05) is 31.0 Å². The first-order valence-corrected chi connectivity index (χ1v) is 5.91. The van der Waals surface area contributed by atoms with Crippen molar-refractivity contribution in [1.29, 1.82) is 0 Å². The van der Waals surface area contributed by atoms with Crippen LogP contribution in [0.5, 0.6) is 0 Å². The Hall–Kier alpha value is -1.57. The maximum absolute atomic E-state index is 4.39. The lowest BCUT2D eigenvalue weighted by Crippen LogP contribution is -2.01. The van der Waals surface area contributed by atoms with Gasteiger partial charge in [0.1, 0.15) is 0 Å². The first-order valence-electron chi connectivity index (χ1n) is 5.91. The zero-order valence-electron chi connectivity index (χ0n) is 9.98. The average Bonchev–Trinajstić information content (AvgIpc) is 2.75. The van der Waals surface area contributed by atoms with Crippen LogP contribution < -0.4 is 0 Å². The van der Waals surface area contributed by atoms with Crippen molar-refractivity contribution in [1.82, 2.24) is 9.78 Å². The summed E-state index contributed by atoms with van der Waals surface area (Å²) in [7, 11) is 0. The highest BCUT2D eigenvalue weighted by molar-refractivity contribution is 5.35. The zero-order chi connectivity index (χ0) is 11.4. The summed E-state index contributed by atoms with van der Waals surface area (Å²) in [6.07, 6.45) is 5.42. The van der Waals surface area contributed by atoms with Crippen LogP contribution in [0.1, 0.15) is 31.0 Å². The van der Waals surface area contributed by atoms with E-state index in [1.807, 2.05) is 10.9 Å². The molecule has 2 rings (SSSR count). The fourth-order valence-electron chi connectivity index (χ4n) is 1.80. The molecule has 0 spiro atoms. The number of unbranched alkanes of at least 4 members (excludes halogenated alkanes) is 1. The highest BCUT2D eigenvalue weighted by Crippen LogP contribution is 2.13. The lowest BCUT2D eigenvalue weighted by molar-refractivity contribution is 0.729. The third kappa shape index (κ3) is 2.32.